The Hall–Kier alpha value is -6.39. The molecule has 5 aliphatic rings. The third-order valence-electron chi connectivity index (χ3n) is 12.6. The molecule has 2 N–H and O–H groups in total. The van der Waals surface area contributed by atoms with E-state index in [1.54, 1.807) is 28.8 Å². The largest absolute Gasteiger partial charge is 0.368 e. The number of piperazine rings is 2. The summed E-state index contributed by atoms with van der Waals surface area (Å²) in [4.78, 5) is 101. The SMILES string of the molecule is CC(=O)c1c(C)c2cnc(Nc3ccc(N4CCN(C(=O)N5CCN(c6ccc7c(c6)CN(C6CCC(=O)NC6=O)C7=O)CC5)CC4)cn3)nc2n(C2CCCC2)c1=O. The first-order valence-electron chi connectivity index (χ1n) is 20.5. The number of nitrogens with one attached hydrogen (secondary N) is 2. The normalized spacial score (nSPS) is 20.1. The number of piperidine rings is 1. The van der Waals surface area contributed by atoms with E-state index in [0.717, 1.165) is 42.6 Å². The van der Waals surface area contributed by atoms with Gasteiger partial charge in [-0.05, 0) is 74.6 Å². The number of aryl methyl sites for hydroxylation is 1. The van der Waals surface area contributed by atoms with Crippen LogP contribution in [-0.4, -0.2) is 122 Å². The standard InChI is InChI=1S/C42H47N11O6/c1-25-32-23-44-41(47-37(32)53(28-5-3-4-6-28)40(58)36(25)26(2)54)45-34-11-8-30(22-43-34)49-15-19-51(20-16-49)42(59)50-17-13-48(14-18-50)29-7-9-31-27(21-29)24-52(39(31)57)33-10-12-35(55)46-38(33)56/h7-9,11,21-23,28,33H,3-6,10,12-20,24H2,1-2H3,(H,46,55,56)(H,43,44,45,47). The van der Waals surface area contributed by atoms with Gasteiger partial charge in [0.2, 0.25) is 17.8 Å². The van der Waals surface area contributed by atoms with Gasteiger partial charge in [0.25, 0.3) is 11.5 Å². The smallest absolute Gasteiger partial charge is 0.320 e. The van der Waals surface area contributed by atoms with Gasteiger partial charge in [-0.25, -0.2) is 14.8 Å². The Morgan fingerprint density at radius 1 is 0.814 bits per heavy atom. The fraction of sp³-hybridized carbons (Fsp3) is 0.452. The van der Waals surface area contributed by atoms with Crippen molar-refractivity contribution in [3.8, 4) is 0 Å². The van der Waals surface area contributed by atoms with Crippen LogP contribution in [0.25, 0.3) is 11.0 Å². The molecule has 0 radical (unpaired) electrons. The Morgan fingerprint density at radius 3 is 2.14 bits per heavy atom. The molecule has 17 nitrogen and oxygen atoms in total. The molecule has 0 bridgehead atoms. The van der Waals surface area contributed by atoms with Crippen LogP contribution < -0.4 is 26.0 Å². The maximum absolute atomic E-state index is 13.6. The first-order chi connectivity index (χ1) is 28.5. The van der Waals surface area contributed by atoms with Gasteiger partial charge in [0.05, 0.1) is 17.4 Å². The number of amides is 5. The number of ketones is 1. The Balaban J connectivity index is 0.782. The molecule has 9 rings (SSSR count). The number of hydrogen-bond donors (Lipinski definition) is 2. The van der Waals surface area contributed by atoms with Crippen LogP contribution in [0.5, 0.6) is 0 Å². The van der Waals surface area contributed by atoms with Gasteiger partial charge in [-0.3, -0.25) is 33.9 Å². The van der Waals surface area contributed by atoms with Crippen LogP contribution in [0.3, 0.4) is 0 Å². The van der Waals surface area contributed by atoms with Crippen molar-refractivity contribution in [1.29, 1.82) is 0 Å². The Labute approximate surface area is 340 Å². The molecule has 1 aromatic carbocycles. The second kappa shape index (κ2) is 15.4. The number of benzene rings is 1. The number of fused-ring (bicyclic) bond motifs is 2. The van der Waals surface area contributed by atoms with E-state index in [-0.39, 0.29) is 47.2 Å². The fourth-order valence-corrected chi connectivity index (χ4v) is 9.34. The number of Topliss-reactive ketones (excluding diaryl/α,β-unsaturated/α-hetero) is 1. The Kier molecular flexibility index (Phi) is 9.97. The van der Waals surface area contributed by atoms with E-state index in [9.17, 15) is 28.8 Å². The molecule has 4 aliphatic heterocycles. The number of anilines is 4. The molecule has 7 heterocycles. The minimum absolute atomic E-state index is 0.00927. The first kappa shape index (κ1) is 38.1. The van der Waals surface area contributed by atoms with Crippen molar-refractivity contribution in [3.05, 3.63) is 75.3 Å². The number of rotatable bonds is 7. The molecule has 1 unspecified atom stereocenters. The molecule has 4 aromatic rings. The summed E-state index contributed by atoms with van der Waals surface area (Å²) < 4.78 is 1.70. The van der Waals surface area contributed by atoms with Crippen molar-refractivity contribution >= 4 is 63.7 Å². The third-order valence-corrected chi connectivity index (χ3v) is 12.6. The molecule has 17 heteroatoms. The Morgan fingerprint density at radius 2 is 1.49 bits per heavy atom. The van der Waals surface area contributed by atoms with Crippen LogP contribution >= 0.6 is 0 Å². The Bertz CT molecular complexity index is 2430. The van der Waals surface area contributed by atoms with Crippen molar-refractivity contribution in [2.24, 2.45) is 0 Å². The topological polar surface area (TPSA) is 186 Å². The predicted octanol–water partition coefficient (Wildman–Crippen LogP) is 3.38. The van der Waals surface area contributed by atoms with Crippen LogP contribution in [0.15, 0.2) is 47.5 Å². The van der Waals surface area contributed by atoms with Crippen LogP contribution in [0.2, 0.25) is 0 Å². The molecule has 1 atom stereocenters. The monoisotopic (exact) mass is 801 g/mol. The lowest BCUT2D eigenvalue weighted by Crippen LogP contribution is -2.57. The zero-order chi connectivity index (χ0) is 40.9. The van der Waals surface area contributed by atoms with E-state index in [0.29, 0.717) is 99.3 Å². The van der Waals surface area contributed by atoms with Crippen LogP contribution in [-0.2, 0) is 16.1 Å². The molecule has 1 aliphatic carbocycles. The van der Waals surface area contributed by atoms with E-state index in [1.807, 2.05) is 40.1 Å². The molecular weight excluding hydrogens is 755 g/mol. The molecule has 1 saturated carbocycles. The van der Waals surface area contributed by atoms with Crippen molar-refractivity contribution in [2.45, 2.75) is 71.0 Å². The van der Waals surface area contributed by atoms with Gasteiger partial charge in [0, 0.05) is 94.2 Å². The molecule has 5 amide bonds. The number of imide groups is 1. The zero-order valence-electron chi connectivity index (χ0n) is 33.3. The highest BCUT2D eigenvalue weighted by atomic mass is 16.2. The predicted molar refractivity (Wildman–Crippen MR) is 219 cm³/mol. The average molecular weight is 802 g/mol. The zero-order valence-corrected chi connectivity index (χ0v) is 33.3. The second-order valence-corrected chi connectivity index (χ2v) is 16.1. The summed E-state index contributed by atoms with van der Waals surface area (Å²) in [5.41, 5.74) is 4.39. The molecule has 4 fully saturated rings. The summed E-state index contributed by atoms with van der Waals surface area (Å²) in [5.74, 6) is -0.310. The molecule has 59 heavy (non-hydrogen) atoms. The number of aromatic nitrogens is 4. The highest BCUT2D eigenvalue weighted by molar-refractivity contribution is 6.05. The number of carbonyl (C=O) groups excluding carboxylic acids is 5. The van der Waals surface area contributed by atoms with Gasteiger partial charge in [-0.2, -0.15) is 4.98 Å². The highest BCUT2D eigenvalue weighted by Gasteiger charge is 2.39. The van der Waals surface area contributed by atoms with Crippen molar-refractivity contribution < 1.29 is 24.0 Å². The summed E-state index contributed by atoms with van der Waals surface area (Å²) in [6, 6.07) is 8.97. The lowest BCUT2D eigenvalue weighted by molar-refractivity contribution is -0.136. The maximum atomic E-state index is 13.6. The average Bonchev–Trinajstić information content (AvgIpc) is 3.89. The number of hydrogen-bond acceptors (Lipinski definition) is 12. The van der Waals surface area contributed by atoms with Gasteiger partial charge >= 0.3 is 6.03 Å². The van der Waals surface area contributed by atoms with Gasteiger partial charge in [0.1, 0.15) is 17.5 Å². The summed E-state index contributed by atoms with van der Waals surface area (Å²) in [7, 11) is 0. The summed E-state index contributed by atoms with van der Waals surface area (Å²) in [6.07, 6.45) is 7.79. The molecule has 306 valence electrons. The minimum atomic E-state index is -0.648. The number of carbonyl (C=O) groups is 5. The van der Waals surface area contributed by atoms with E-state index in [1.165, 1.54) is 6.92 Å². The maximum Gasteiger partial charge on any atom is 0.320 e. The first-order valence-corrected chi connectivity index (χ1v) is 20.5. The molecule has 0 spiro atoms. The number of nitrogens with zero attached hydrogens (tertiary/aromatic N) is 9. The van der Waals surface area contributed by atoms with Crippen molar-refractivity contribution in [1.82, 2.24) is 39.5 Å². The number of urea groups is 1. The summed E-state index contributed by atoms with van der Waals surface area (Å²) in [5, 5.41) is 6.22. The fourth-order valence-electron chi connectivity index (χ4n) is 9.34. The lowest BCUT2D eigenvalue weighted by atomic mass is 10.0. The lowest BCUT2D eigenvalue weighted by Gasteiger charge is -2.41. The van der Waals surface area contributed by atoms with E-state index in [4.69, 9.17) is 4.98 Å². The van der Waals surface area contributed by atoms with Crippen LogP contribution in [0.1, 0.15) is 83.3 Å². The molecule has 3 saturated heterocycles. The van der Waals surface area contributed by atoms with Crippen molar-refractivity contribution in [2.75, 3.05) is 67.5 Å². The van der Waals surface area contributed by atoms with Gasteiger partial charge in [-0.1, -0.05) is 12.8 Å². The summed E-state index contributed by atoms with van der Waals surface area (Å²) >= 11 is 0. The van der Waals surface area contributed by atoms with E-state index in [2.05, 4.69) is 30.4 Å². The molecule has 3 aromatic heterocycles. The third kappa shape index (κ3) is 7.12. The van der Waals surface area contributed by atoms with Crippen LogP contribution in [0, 0.1) is 6.92 Å². The quantitative estimate of drug-likeness (QED) is 0.205. The van der Waals surface area contributed by atoms with E-state index < -0.39 is 11.9 Å². The molecular formula is C42H47N11O6. The van der Waals surface area contributed by atoms with Crippen molar-refractivity contribution in [3.63, 3.8) is 0 Å². The number of pyridine rings is 2. The van der Waals surface area contributed by atoms with Gasteiger partial charge < -0.3 is 29.8 Å². The summed E-state index contributed by atoms with van der Waals surface area (Å²) in [6.45, 7) is 8.50. The van der Waals surface area contributed by atoms with Gasteiger partial charge in [-0.15, -0.1) is 0 Å². The van der Waals surface area contributed by atoms with E-state index >= 15 is 0 Å². The minimum Gasteiger partial charge on any atom is -0.368 e. The highest BCUT2D eigenvalue weighted by Crippen LogP contribution is 2.33. The van der Waals surface area contributed by atoms with Crippen LogP contribution in [0.4, 0.5) is 27.9 Å². The second-order valence-electron chi connectivity index (χ2n) is 16.1. The van der Waals surface area contributed by atoms with Gasteiger partial charge in [0.15, 0.2) is 5.78 Å².